The molecule has 160 valence electrons. The molecule has 2 aromatic rings. The molecule has 0 aliphatic carbocycles. The number of amides is 1. The predicted molar refractivity (Wildman–Crippen MR) is 124 cm³/mol. The van der Waals surface area contributed by atoms with E-state index in [1.165, 1.54) is 11.3 Å². The third kappa shape index (κ3) is 5.33. The number of aryl methyl sites for hydroxylation is 1. The SMILES string of the molecule is Cc1cccc(NC2CCN(C(=O)c3cccc(NC4CCN(C)CC4)c3)CC2)c1. The van der Waals surface area contributed by atoms with E-state index in [1.807, 2.05) is 23.1 Å². The van der Waals surface area contributed by atoms with Gasteiger partial charge in [-0.25, -0.2) is 0 Å². The van der Waals surface area contributed by atoms with Crippen LogP contribution in [0.4, 0.5) is 11.4 Å². The summed E-state index contributed by atoms with van der Waals surface area (Å²) in [4.78, 5) is 17.4. The molecule has 0 unspecified atom stereocenters. The number of benzene rings is 2. The summed E-state index contributed by atoms with van der Waals surface area (Å²) in [5.74, 6) is 0.149. The molecule has 2 aromatic carbocycles. The van der Waals surface area contributed by atoms with Gasteiger partial charge >= 0.3 is 0 Å². The van der Waals surface area contributed by atoms with E-state index in [0.29, 0.717) is 12.1 Å². The van der Waals surface area contributed by atoms with Crippen LogP contribution in [-0.4, -0.2) is 61.0 Å². The van der Waals surface area contributed by atoms with Gasteiger partial charge in [-0.3, -0.25) is 4.79 Å². The van der Waals surface area contributed by atoms with E-state index in [2.05, 4.69) is 59.8 Å². The van der Waals surface area contributed by atoms with E-state index in [4.69, 9.17) is 0 Å². The van der Waals surface area contributed by atoms with E-state index < -0.39 is 0 Å². The van der Waals surface area contributed by atoms with Crippen LogP contribution in [0.1, 0.15) is 41.6 Å². The van der Waals surface area contributed by atoms with Crippen molar-refractivity contribution in [2.24, 2.45) is 0 Å². The van der Waals surface area contributed by atoms with Crippen LogP contribution in [0.3, 0.4) is 0 Å². The molecular formula is C25H34N4O. The van der Waals surface area contributed by atoms with Crippen molar-refractivity contribution < 1.29 is 4.79 Å². The fraction of sp³-hybridized carbons (Fsp3) is 0.480. The number of likely N-dealkylation sites (tertiary alicyclic amines) is 2. The molecule has 0 spiro atoms. The Morgan fingerprint density at radius 3 is 2.03 bits per heavy atom. The number of hydrogen-bond acceptors (Lipinski definition) is 4. The molecular weight excluding hydrogens is 372 g/mol. The third-order valence-electron chi connectivity index (χ3n) is 6.37. The second-order valence-corrected chi connectivity index (χ2v) is 8.88. The summed E-state index contributed by atoms with van der Waals surface area (Å²) >= 11 is 0. The van der Waals surface area contributed by atoms with Gasteiger partial charge in [0.1, 0.15) is 0 Å². The summed E-state index contributed by atoms with van der Waals surface area (Å²) in [7, 11) is 2.18. The van der Waals surface area contributed by atoms with Gasteiger partial charge in [-0.15, -0.1) is 0 Å². The first-order valence-electron chi connectivity index (χ1n) is 11.2. The normalized spacial score (nSPS) is 18.9. The molecule has 5 nitrogen and oxygen atoms in total. The summed E-state index contributed by atoms with van der Waals surface area (Å²) in [5.41, 5.74) is 4.29. The smallest absolute Gasteiger partial charge is 0.253 e. The molecule has 2 saturated heterocycles. The first kappa shape index (κ1) is 20.7. The van der Waals surface area contributed by atoms with Gasteiger partial charge in [-0.2, -0.15) is 0 Å². The van der Waals surface area contributed by atoms with Gasteiger partial charge in [0.15, 0.2) is 0 Å². The van der Waals surface area contributed by atoms with Crippen LogP contribution >= 0.6 is 0 Å². The van der Waals surface area contributed by atoms with Crippen molar-refractivity contribution >= 4 is 17.3 Å². The summed E-state index contributed by atoms with van der Waals surface area (Å²) in [6.45, 7) is 5.97. The lowest BCUT2D eigenvalue weighted by Crippen LogP contribution is -2.42. The van der Waals surface area contributed by atoms with Gasteiger partial charge in [-0.1, -0.05) is 18.2 Å². The largest absolute Gasteiger partial charge is 0.382 e. The van der Waals surface area contributed by atoms with Crippen molar-refractivity contribution in [1.29, 1.82) is 0 Å². The molecule has 5 heteroatoms. The molecule has 2 N–H and O–H groups in total. The molecule has 2 fully saturated rings. The highest BCUT2D eigenvalue weighted by Gasteiger charge is 2.24. The highest BCUT2D eigenvalue weighted by Crippen LogP contribution is 2.21. The molecule has 0 bridgehead atoms. The zero-order valence-corrected chi connectivity index (χ0v) is 18.2. The molecule has 2 aliphatic rings. The maximum atomic E-state index is 13.1. The predicted octanol–water partition coefficient (Wildman–Crippen LogP) is 4.22. The van der Waals surface area contributed by atoms with Gasteiger partial charge in [0, 0.05) is 42.1 Å². The fourth-order valence-electron chi connectivity index (χ4n) is 4.51. The Balaban J connectivity index is 1.30. The summed E-state index contributed by atoms with van der Waals surface area (Å²) in [6.07, 6.45) is 4.26. The van der Waals surface area contributed by atoms with Crippen molar-refractivity contribution in [2.45, 2.75) is 44.7 Å². The van der Waals surface area contributed by atoms with Crippen LogP contribution in [0.5, 0.6) is 0 Å². The molecule has 0 atom stereocenters. The van der Waals surface area contributed by atoms with Crippen LogP contribution in [0.15, 0.2) is 48.5 Å². The molecule has 2 heterocycles. The van der Waals surface area contributed by atoms with Gasteiger partial charge in [-0.05, 0) is 88.6 Å². The highest BCUT2D eigenvalue weighted by molar-refractivity contribution is 5.95. The third-order valence-corrected chi connectivity index (χ3v) is 6.37. The van der Waals surface area contributed by atoms with Gasteiger partial charge in [0.2, 0.25) is 0 Å². The van der Waals surface area contributed by atoms with E-state index in [9.17, 15) is 4.79 Å². The maximum absolute atomic E-state index is 13.1. The van der Waals surface area contributed by atoms with Crippen molar-refractivity contribution in [3.05, 3.63) is 59.7 Å². The van der Waals surface area contributed by atoms with E-state index in [-0.39, 0.29) is 5.91 Å². The number of piperidine rings is 2. The molecule has 1 amide bonds. The van der Waals surface area contributed by atoms with Gasteiger partial charge in [0.05, 0.1) is 0 Å². The molecule has 30 heavy (non-hydrogen) atoms. The van der Waals surface area contributed by atoms with E-state index >= 15 is 0 Å². The Hall–Kier alpha value is -2.53. The fourth-order valence-corrected chi connectivity index (χ4v) is 4.51. The number of nitrogens with zero attached hydrogens (tertiary/aromatic N) is 2. The average Bonchev–Trinajstić information content (AvgIpc) is 2.76. The van der Waals surface area contributed by atoms with Crippen LogP contribution in [0, 0.1) is 6.92 Å². The molecule has 2 aliphatic heterocycles. The van der Waals surface area contributed by atoms with Crippen LogP contribution in [-0.2, 0) is 0 Å². The summed E-state index contributed by atoms with van der Waals surface area (Å²) in [6, 6.07) is 17.5. The second kappa shape index (κ2) is 9.52. The standard InChI is InChI=1S/C25H34N4O/c1-19-5-3-7-23(17-19)26-22-11-15-29(16-12-22)25(30)20-6-4-8-24(18-20)27-21-9-13-28(2)14-10-21/h3-8,17-18,21-22,26-27H,9-16H2,1-2H3. The van der Waals surface area contributed by atoms with E-state index in [1.54, 1.807) is 0 Å². The highest BCUT2D eigenvalue weighted by atomic mass is 16.2. The number of anilines is 2. The summed E-state index contributed by atoms with van der Waals surface area (Å²) < 4.78 is 0. The topological polar surface area (TPSA) is 47.6 Å². The first-order chi connectivity index (χ1) is 14.6. The van der Waals surface area contributed by atoms with Crippen LogP contribution in [0.25, 0.3) is 0 Å². The van der Waals surface area contributed by atoms with Crippen LogP contribution < -0.4 is 10.6 Å². The Morgan fingerprint density at radius 1 is 0.833 bits per heavy atom. The average molecular weight is 407 g/mol. The monoisotopic (exact) mass is 406 g/mol. The van der Waals surface area contributed by atoms with Crippen molar-refractivity contribution in [3.8, 4) is 0 Å². The maximum Gasteiger partial charge on any atom is 0.253 e. The molecule has 0 radical (unpaired) electrons. The molecule has 4 rings (SSSR count). The lowest BCUT2D eigenvalue weighted by Gasteiger charge is -2.33. The Kier molecular flexibility index (Phi) is 6.58. The lowest BCUT2D eigenvalue weighted by molar-refractivity contribution is 0.0718. The van der Waals surface area contributed by atoms with E-state index in [0.717, 1.165) is 63.1 Å². The number of carbonyl (C=O) groups excluding carboxylic acids is 1. The van der Waals surface area contributed by atoms with Crippen molar-refractivity contribution in [3.63, 3.8) is 0 Å². The number of nitrogens with one attached hydrogen (secondary N) is 2. The number of carbonyl (C=O) groups is 1. The minimum Gasteiger partial charge on any atom is -0.382 e. The minimum atomic E-state index is 0.149. The van der Waals surface area contributed by atoms with Crippen LogP contribution in [0.2, 0.25) is 0 Å². The Morgan fingerprint density at radius 2 is 1.40 bits per heavy atom. The first-order valence-corrected chi connectivity index (χ1v) is 11.2. The molecule has 0 saturated carbocycles. The van der Waals surface area contributed by atoms with Gasteiger partial charge < -0.3 is 20.4 Å². The van der Waals surface area contributed by atoms with Crippen molar-refractivity contribution in [1.82, 2.24) is 9.80 Å². The van der Waals surface area contributed by atoms with Gasteiger partial charge in [0.25, 0.3) is 5.91 Å². The Labute approximate surface area is 180 Å². The van der Waals surface area contributed by atoms with Crippen molar-refractivity contribution in [2.75, 3.05) is 43.9 Å². The quantitative estimate of drug-likeness (QED) is 0.781. The zero-order chi connectivity index (χ0) is 20.9. The zero-order valence-electron chi connectivity index (χ0n) is 18.2. The number of rotatable bonds is 5. The Bertz CT molecular complexity index is 852. The number of hydrogen-bond donors (Lipinski definition) is 2. The summed E-state index contributed by atoms with van der Waals surface area (Å²) in [5, 5.41) is 7.26. The lowest BCUT2D eigenvalue weighted by atomic mass is 10.0. The minimum absolute atomic E-state index is 0.149. The molecule has 0 aromatic heterocycles. The second-order valence-electron chi connectivity index (χ2n) is 8.88.